The highest BCUT2D eigenvalue weighted by Gasteiger charge is 2.21. The highest BCUT2D eigenvalue weighted by molar-refractivity contribution is 7.92. The van der Waals surface area contributed by atoms with Crippen LogP contribution in [0.2, 0.25) is 0 Å². The first-order valence-electron chi connectivity index (χ1n) is 7.58. The Morgan fingerprint density at radius 3 is 2.24 bits per heavy atom. The van der Waals surface area contributed by atoms with Crippen LogP contribution in [0.4, 0.5) is 5.69 Å². The van der Waals surface area contributed by atoms with Gasteiger partial charge in [0.2, 0.25) is 0 Å². The molecule has 2 aromatic rings. The summed E-state index contributed by atoms with van der Waals surface area (Å²) in [5.41, 5.74) is 2.50. The highest BCUT2D eigenvalue weighted by atomic mass is 32.2. The number of carbonyl (C=O) groups excluding carboxylic acids is 1. The summed E-state index contributed by atoms with van der Waals surface area (Å²) in [4.78, 5) is 11.9. The van der Waals surface area contributed by atoms with Crippen molar-refractivity contribution < 1.29 is 22.7 Å². The molecule has 2 rings (SSSR count). The van der Waals surface area contributed by atoms with Gasteiger partial charge in [-0.05, 0) is 61.7 Å². The van der Waals surface area contributed by atoms with Crippen LogP contribution in [0.3, 0.4) is 0 Å². The lowest BCUT2D eigenvalue weighted by Crippen LogP contribution is -2.16. The number of rotatable bonds is 5. The van der Waals surface area contributed by atoms with Crippen molar-refractivity contribution in [3.63, 3.8) is 0 Å². The van der Waals surface area contributed by atoms with Gasteiger partial charge in [-0.2, -0.15) is 0 Å². The summed E-state index contributed by atoms with van der Waals surface area (Å²) in [6, 6.07) is 7.91. The predicted octanol–water partition coefficient (Wildman–Crippen LogP) is 3.21. The minimum atomic E-state index is -3.82. The molecular weight excluding hydrogens is 342 g/mol. The van der Waals surface area contributed by atoms with E-state index >= 15 is 0 Å². The zero-order chi connectivity index (χ0) is 18.8. The lowest BCUT2D eigenvalue weighted by atomic mass is 10.1. The van der Waals surface area contributed by atoms with Gasteiger partial charge >= 0.3 is 5.97 Å². The molecule has 0 saturated carbocycles. The molecular formula is C18H21NO5S. The first kappa shape index (κ1) is 18.8. The summed E-state index contributed by atoms with van der Waals surface area (Å²) >= 11 is 0. The molecule has 7 heteroatoms. The quantitative estimate of drug-likeness (QED) is 0.825. The van der Waals surface area contributed by atoms with Gasteiger partial charge < -0.3 is 9.47 Å². The van der Waals surface area contributed by atoms with Crippen molar-refractivity contribution in [1.82, 2.24) is 0 Å². The van der Waals surface area contributed by atoms with Crippen LogP contribution in [0, 0.1) is 20.8 Å². The molecule has 0 aliphatic heterocycles. The number of sulfonamides is 1. The van der Waals surface area contributed by atoms with E-state index in [1.807, 2.05) is 0 Å². The molecule has 0 unspecified atom stereocenters. The van der Waals surface area contributed by atoms with Crippen LogP contribution in [0.1, 0.15) is 27.0 Å². The van der Waals surface area contributed by atoms with E-state index in [0.717, 1.165) is 5.56 Å². The second-order valence-electron chi connectivity index (χ2n) is 5.59. The van der Waals surface area contributed by atoms with Crippen molar-refractivity contribution in [3.05, 3.63) is 52.6 Å². The average molecular weight is 363 g/mol. The molecule has 134 valence electrons. The van der Waals surface area contributed by atoms with Crippen molar-refractivity contribution in [2.24, 2.45) is 0 Å². The third-order valence-electron chi connectivity index (χ3n) is 4.18. The molecule has 0 aliphatic carbocycles. The topological polar surface area (TPSA) is 81.7 Å². The van der Waals surface area contributed by atoms with Crippen LogP contribution in [-0.2, 0) is 14.8 Å². The number of ether oxygens (including phenoxy) is 2. The molecule has 0 aliphatic rings. The van der Waals surface area contributed by atoms with Gasteiger partial charge in [0.25, 0.3) is 10.0 Å². The second kappa shape index (κ2) is 7.14. The molecule has 25 heavy (non-hydrogen) atoms. The largest absolute Gasteiger partial charge is 0.496 e. The number of esters is 1. The first-order chi connectivity index (χ1) is 11.7. The smallest absolute Gasteiger partial charge is 0.338 e. The molecule has 0 amide bonds. The molecule has 0 radical (unpaired) electrons. The van der Waals surface area contributed by atoms with E-state index < -0.39 is 16.0 Å². The summed E-state index contributed by atoms with van der Waals surface area (Å²) in [5, 5.41) is 0. The van der Waals surface area contributed by atoms with Gasteiger partial charge in [-0.15, -0.1) is 0 Å². The molecule has 6 nitrogen and oxygen atoms in total. The van der Waals surface area contributed by atoms with Crippen molar-refractivity contribution in [3.8, 4) is 5.75 Å². The Labute approximate surface area is 147 Å². The third-order valence-corrected chi connectivity index (χ3v) is 5.69. The van der Waals surface area contributed by atoms with E-state index in [9.17, 15) is 13.2 Å². The number of carbonyl (C=O) groups is 1. The number of nitrogens with one attached hydrogen (secondary N) is 1. The molecule has 0 aromatic heterocycles. The fraction of sp³-hybridized carbons (Fsp3) is 0.278. The standard InChI is InChI=1S/C18H21NO5S/c1-11-12(2)17(10-9-16(11)23-4)25(21,22)19-15-8-6-7-14(13(15)3)18(20)24-5/h6-10,19H,1-5H3. The summed E-state index contributed by atoms with van der Waals surface area (Å²) in [7, 11) is -1.00. The molecule has 1 N–H and O–H groups in total. The maximum atomic E-state index is 12.8. The third kappa shape index (κ3) is 3.61. The lowest BCUT2D eigenvalue weighted by Gasteiger charge is -2.16. The van der Waals surface area contributed by atoms with E-state index in [0.29, 0.717) is 28.1 Å². The van der Waals surface area contributed by atoms with Gasteiger partial charge in [-0.25, -0.2) is 13.2 Å². The molecule has 0 atom stereocenters. The van der Waals surface area contributed by atoms with Gasteiger partial charge in [0, 0.05) is 0 Å². The second-order valence-corrected chi connectivity index (χ2v) is 7.24. The normalized spacial score (nSPS) is 11.1. The summed E-state index contributed by atoms with van der Waals surface area (Å²) in [5.74, 6) is 0.107. The van der Waals surface area contributed by atoms with Crippen molar-refractivity contribution in [1.29, 1.82) is 0 Å². The van der Waals surface area contributed by atoms with Crippen molar-refractivity contribution in [2.45, 2.75) is 25.7 Å². The Kier molecular flexibility index (Phi) is 5.37. The maximum absolute atomic E-state index is 12.8. The number of benzene rings is 2. The summed E-state index contributed by atoms with van der Waals surface area (Å²) in [6.45, 7) is 5.19. The van der Waals surface area contributed by atoms with Crippen LogP contribution in [0.5, 0.6) is 5.75 Å². The van der Waals surface area contributed by atoms with Crippen LogP contribution < -0.4 is 9.46 Å². The maximum Gasteiger partial charge on any atom is 0.338 e. The number of methoxy groups -OCH3 is 2. The number of anilines is 1. The van der Waals surface area contributed by atoms with Crippen molar-refractivity contribution in [2.75, 3.05) is 18.9 Å². The highest BCUT2D eigenvalue weighted by Crippen LogP contribution is 2.29. The van der Waals surface area contributed by atoms with Gasteiger partial charge in [0.05, 0.1) is 30.4 Å². The first-order valence-corrected chi connectivity index (χ1v) is 9.06. The van der Waals surface area contributed by atoms with E-state index in [2.05, 4.69) is 4.72 Å². The Balaban J connectivity index is 2.47. The van der Waals surface area contributed by atoms with Crippen molar-refractivity contribution >= 4 is 21.7 Å². The van der Waals surface area contributed by atoms with Gasteiger partial charge in [0.15, 0.2) is 0 Å². The molecule has 0 saturated heterocycles. The van der Waals surface area contributed by atoms with Crippen LogP contribution in [0.15, 0.2) is 35.2 Å². The van der Waals surface area contributed by atoms with E-state index in [-0.39, 0.29) is 4.90 Å². The minimum Gasteiger partial charge on any atom is -0.496 e. The fourth-order valence-corrected chi connectivity index (χ4v) is 3.98. The van der Waals surface area contributed by atoms with Gasteiger partial charge in [-0.1, -0.05) is 6.07 Å². The zero-order valence-electron chi connectivity index (χ0n) is 14.8. The van der Waals surface area contributed by atoms with Crippen LogP contribution >= 0.6 is 0 Å². The number of hydrogen-bond acceptors (Lipinski definition) is 5. The SMILES string of the molecule is COC(=O)c1cccc(NS(=O)(=O)c2ccc(OC)c(C)c2C)c1C. The molecule has 2 aromatic carbocycles. The van der Waals surface area contributed by atoms with Gasteiger partial charge in [-0.3, -0.25) is 4.72 Å². The van der Waals surface area contributed by atoms with E-state index in [4.69, 9.17) is 9.47 Å². The van der Waals surface area contributed by atoms with E-state index in [1.54, 1.807) is 45.0 Å². The van der Waals surface area contributed by atoms with Crippen LogP contribution in [0.25, 0.3) is 0 Å². The molecule has 0 heterocycles. The minimum absolute atomic E-state index is 0.161. The lowest BCUT2D eigenvalue weighted by molar-refractivity contribution is 0.0600. The Morgan fingerprint density at radius 2 is 1.64 bits per heavy atom. The molecule has 0 fully saturated rings. The molecule has 0 bridgehead atoms. The average Bonchev–Trinajstić information content (AvgIpc) is 2.58. The Hall–Kier alpha value is -2.54. The number of hydrogen-bond donors (Lipinski definition) is 1. The Bertz CT molecular complexity index is 919. The zero-order valence-corrected chi connectivity index (χ0v) is 15.7. The molecule has 0 spiro atoms. The Morgan fingerprint density at radius 1 is 0.960 bits per heavy atom. The summed E-state index contributed by atoms with van der Waals surface area (Å²) in [6.07, 6.45) is 0. The van der Waals surface area contributed by atoms with E-state index in [1.165, 1.54) is 20.3 Å². The predicted molar refractivity (Wildman–Crippen MR) is 95.8 cm³/mol. The monoisotopic (exact) mass is 363 g/mol. The summed E-state index contributed by atoms with van der Waals surface area (Å²) < 4.78 is 38.1. The fourth-order valence-electron chi connectivity index (χ4n) is 2.56. The van der Waals surface area contributed by atoms with Crippen LogP contribution in [-0.4, -0.2) is 28.6 Å². The van der Waals surface area contributed by atoms with Gasteiger partial charge in [0.1, 0.15) is 5.75 Å².